The number of hydrazine groups is 1. The van der Waals surface area contributed by atoms with E-state index in [0.717, 1.165) is 0 Å². The molecule has 1 heterocycles. The van der Waals surface area contributed by atoms with E-state index < -0.39 is 0 Å². The van der Waals surface area contributed by atoms with E-state index in [0.29, 0.717) is 5.95 Å². The molecule has 1 aromatic heterocycles. The quantitative estimate of drug-likeness (QED) is 0.314. The van der Waals surface area contributed by atoms with E-state index in [9.17, 15) is 0 Å². The van der Waals surface area contributed by atoms with Crippen LogP contribution in [-0.4, -0.2) is 15.2 Å². The zero-order valence-corrected chi connectivity index (χ0v) is 3.55. The Kier molecular flexibility index (Phi) is 0.910. The van der Waals surface area contributed by atoms with Gasteiger partial charge in [0, 0.05) is 0 Å². The van der Waals surface area contributed by atoms with Gasteiger partial charge in [-0.1, -0.05) is 0 Å². The highest BCUT2D eigenvalue weighted by Gasteiger charge is 1.82. The van der Waals surface area contributed by atoms with E-state index in [4.69, 9.17) is 5.84 Å². The van der Waals surface area contributed by atoms with Crippen LogP contribution in [0.4, 0.5) is 5.95 Å². The Morgan fingerprint density at radius 3 is 3.00 bits per heavy atom. The Labute approximate surface area is 39.9 Å². The van der Waals surface area contributed by atoms with Crippen LogP contribution in [-0.2, 0) is 0 Å². The number of nitrogens with one attached hydrogen (secondary N) is 2. The summed E-state index contributed by atoms with van der Waals surface area (Å²) < 4.78 is 0. The molecule has 4 N–H and O–H groups in total. The largest absolute Gasteiger partial charge is 0.293 e. The molecule has 1 aromatic rings. The predicted molar refractivity (Wildman–Crippen MR) is 24.2 cm³/mol. The first kappa shape index (κ1) is 4.07. The lowest BCUT2D eigenvalue weighted by molar-refractivity contribution is 1.08. The molecule has 5 nitrogen and oxygen atoms in total. The summed E-state index contributed by atoms with van der Waals surface area (Å²) in [4.78, 5) is 3.63. The molecule has 0 aliphatic carbocycles. The molecule has 0 unspecified atom stereocenters. The number of H-pyrrole nitrogens is 1. The van der Waals surface area contributed by atoms with Crippen LogP contribution in [0.3, 0.4) is 0 Å². The fourth-order valence-electron chi connectivity index (χ4n) is 0.275. The van der Waals surface area contributed by atoms with Gasteiger partial charge in [0.05, 0.1) is 0 Å². The highest BCUT2D eigenvalue weighted by Crippen LogP contribution is 1.83. The molecule has 0 saturated carbocycles. The third-order valence-electron chi connectivity index (χ3n) is 0.552. The monoisotopic (exact) mass is 99.1 g/mol. The molecular weight excluding hydrogens is 94.1 g/mol. The van der Waals surface area contributed by atoms with Crippen molar-refractivity contribution in [2.75, 3.05) is 5.43 Å². The summed E-state index contributed by atoms with van der Waals surface area (Å²) >= 11 is 0. The number of aromatic amines is 1. The molecular formula is C2H5N5. The molecule has 0 aliphatic rings. The number of hydrogen-bond donors (Lipinski definition) is 3. The maximum atomic E-state index is 4.91. The first-order chi connectivity index (χ1) is 3.43. The summed E-state index contributed by atoms with van der Waals surface area (Å²) in [6, 6.07) is 0. The Balaban J connectivity index is 2.76. The van der Waals surface area contributed by atoms with Crippen molar-refractivity contribution < 1.29 is 0 Å². The molecule has 0 radical (unpaired) electrons. The van der Waals surface area contributed by atoms with Crippen LogP contribution < -0.4 is 11.3 Å². The number of anilines is 1. The normalized spacial score (nSPS) is 8.71. The van der Waals surface area contributed by atoms with Crippen molar-refractivity contribution in [3.8, 4) is 0 Å². The molecule has 0 amide bonds. The Bertz CT molecular complexity index is 121. The second-order valence-electron chi connectivity index (χ2n) is 0.978. The first-order valence-electron chi connectivity index (χ1n) is 1.75. The molecule has 1 rings (SSSR count). The van der Waals surface area contributed by atoms with Crippen LogP contribution in [0.5, 0.6) is 0 Å². The van der Waals surface area contributed by atoms with E-state index in [1.54, 1.807) is 0 Å². The summed E-state index contributed by atoms with van der Waals surface area (Å²) in [6.07, 6.45) is 1.37. The van der Waals surface area contributed by atoms with Crippen LogP contribution in [0.15, 0.2) is 6.33 Å². The minimum Gasteiger partial charge on any atom is -0.293 e. The Morgan fingerprint density at radius 1 is 1.86 bits per heavy atom. The molecule has 0 spiro atoms. The van der Waals surface area contributed by atoms with E-state index in [1.165, 1.54) is 6.33 Å². The Hall–Kier alpha value is -1.10. The second kappa shape index (κ2) is 1.57. The first-order valence-corrected chi connectivity index (χ1v) is 1.75. The number of nitrogens with zero attached hydrogens (tertiary/aromatic N) is 2. The van der Waals surface area contributed by atoms with Gasteiger partial charge in [0.25, 0.3) is 0 Å². The minimum absolute atomic E-state index is 0.472. The van der Waals surface area contributed by atoms with Crippen molar-refractivity contribution in [2.24, 2.45) is 5.84 Å². The van der Waals surface area contributed by atoms with Gasteiger partial charge in [-0.05, 0) is 0 Å². The average Bonchev–Trinajstić information content (AvgIpc) is 2.14. The molecule has 5 heteroatoms. The maximum Gasteiger partial charge on any atom is 0.232 e. The summed E-state index contributed by atoms with van der Waals surface area (Å²) in [5.74, 6) is 5.38. The summed E-state index contributed by atoms with van der Waals surface area (Å²) in [5, 5.41) is 6.00. The lowest BCUT2D eigenvalue weighted by Gasteiger charge is -1.84. The molecule has 0 saturated heterocycles. The van der Waals surface area contributed by atoms with Gasteiger partial charge >= 0.3 is 0 Å². The van der Waals surface area contributed by atoms with Gasteiger partial charge in [-0.2, -0.15) is 10.1 Å². The van der Waals surface area contributed by atoms with Crippen LogP contribution in [0.2, 0.25) is 0 Å². The van der Waals surface area contributed by atoms with Gasteiger partial charge in [0.1, 0.15) is 6.33 Å². The van der Waals surface area contributed by atoms with Crippen molar-refractivity contribution in [2.45, 2.75) is 0 Å². The molecule has 0 atom stereocenters. The Morgan fingerprint density at radius 2 is 2.71 bits per heavy atom. The van der Waals surface area contributed by atoms with E-state index in [2.05, 4.69) is 20.6 Å². The van der Waals surface area contributed by atoms with Crippen LogP contribution >= 0.6 is 0 Å². The number of aromatic nitrogens is 3. The van der Waals surface area contributed by atoms with E-state index >= 15 is 0 Å². The lowest BCUT2D eigenvalue weighted by Crippen LogP contribution is -2.07. The van der Waals surface area contributed by atoms with E-state index in [-0.39, 0.29) is 0 Å². The second-order valence-corrected chi connectivity index (χ2v) is 0.978. The predicted octanol–water partition coefficient (Wildman–Crippen LogP) is -0.910. The van der Waals surface area contributed by atoms with Crippen molar-refractivity contribution >= 4 is 5.95 Å². The topological polar surface area (TPSA) is 79.6 Å². The van der Waals surface area contributed by atoms with E-state index in [1.807, 2.05) is 0 Å². The third-order valence-corrected chi connectivity index (χ3v) is 0.552. The molecule has 0 aromatic carbocycles. The zero-order chi connectivity index (χ0) is 5.11. The molecule has 38 valence electrons. The molecule has 0 bridgehead atoms. The van der Waals surface area contributed by atoms with Crippen molar-refractivity contribution in [1.29, 1.82) is 0 Å². The van der Waals surface area contributed by atoms with Crippen LogP contribution in [0.1, 0.15) is 0 Å². The summed E-state index contributed by atoms with van der Waals surface area (Å²) in [6.45, 7) is 0. The lowest BCUT2D eigenvalue weighted by atomic mass is 11.1. The smallest absolute Gasteiger partial charge is 0.232 e. The summed E-state index contributed by atoms with van der Waals surface area (Å²) in [5.41, 5.74) is 2.28. The molecule has 0 fully saturated rings. The standard InChI is InChI=1S/C2H5N5/c3-6-2-4-1-5-7-2/h1H,3H2,(H2,4,5,6,7). The number of rotatable bonds is 1. The van der Waals surface area contributed by atoms with Gasteiger partial charge in [0.2, 0.25) is 5.95 Å². The van der Waals surface area contributed by atoms with Crippen molar-refractivity contribution in [1.82, 2.24) is 15.2 Å². The molecule has 7 heavy (non-hydrogen) atoms. The van der Waals surface area contributed by atoms with Crippen LogP contribution in [0.25, 0.3) is 0 Å². The SMILES string of the molecule is NNc1ncn[nH]1. The maximum absolute atomic E-state index is 4.91. The van der Waals surface area contributed by atoms with Gasteiger partial charge in [-0.3, -0.25) is 5.43 Å². The summed E-state index contributed by atoms with van der Waals surface area (Å²) in [7, 11) is 0. The molecule has 0 aliphatic heterocycles. The third kappa shape index (κ3) is 0.660. The van der Waals surface area contributed by atoms with Gasteiger partial charge in [-0.15, -0.1) is 0 Å². The number of nitrogens with two attached hydrogens (primary N) is 1. The fourth-order valence-corrected chi connectivity index (χ4v) is 0.275. The number of hydrogen-bond acceptors (Lipinski definition) is 4. The highest BCUT2D eigenvalue weighted by molar-refractivity contribution is 5.16. The van der Waals surface area contributed by atoms with Crippen molar-refractivity contribution in [3.05, 3.63) is 6.33 Å². The van der Waals surface area contributed by atoms with Crippen molar-refractivity contribution in [3.63, 3.8) is 0 Å². The van der Waals surface area contributed by atoms with Crippen LogP contribution in [0, 0.1) is 0 Å². The average molecular weight is 99.1 g/mol. The van der Waals surface area contributed by atoms with Gasteiger partial charge in [-0.25, -0.2) is 10.9 Å². The van der Waals surface area contributed by atoms with Gasteiger partial charge < -0.3 is 0 Å². The highest BCUT2D eigenvalue weighted by atomic mass is 15.4. The van der Waals surface area contributed by atoms with Gasteiger partial charge in [0.15, 0.2) is 0 Å². The minimum atomic E-state index is 0.472. The number of nitrogen functional groups attached to an aromatic ring is 1. The zero-order valence-electron chi connectivity index (χ0n) is 3.55. The fraction of sp³-hybridized carbons (Fsp3) is 0.